The summed E-state index contributed by atoms with van der Waals surface area (Å²) >= 11 is 0. The molecule has 0 bridgehead atoms. The zero-order chi connectivity index (χ0) is 4.91. The molecule has 0 aliphatic heterocycles. The van der Waals surface area contributed by atoms with Crippen LogP contribution in [0.25, 0.3) is 0 Å². The van der Waals surface area contributed by atoms with Crippen LogP contribution in [-0.4, -0.2) is 6.10 Å². The Bertz CT molecular complexity index is 98.3. The summed E-state index contributed by atoms with van der Waals surface area (Å²) in [6.07, 6.45) is 4.80. The molecule has 2 aliphatic carbocycles. The zero-order valence-electron chi connectivity index (χ0n) is 4.18. The highest BCUT2D eigenvalue weighted by Gasteiger charge is 2.63. The van der Waals surface area contributed by atoms with Crippen molar-refractivity contribution >= 4 is 9.47 Å². The zero-order valence-corrected chi connectivity index (χ0v) is 5.34. The predicted octanol–water partition coefficient (Wildman–Crippen LogP) is 1.35. The van der Waals surface area contributed by atoms with Crippen molar-refractivity contribution in [2.75, 3.05) is 0 Å². The maximum atomic E-state index is 5.06. The molecule has 2 aliphatic rings. The molecular formula is C5H9OP. The van der Waals surface area contributed by atoms with Gasteiger partial charge in [0.2, 0.25) is 0 Å². The fourth-order valence-electron chi connectivity index (χ4n) is 1.19. The molecule has 1 spiro atoms. The topological polar surface area (TPSA) is 9.23 Å². The van der Waals surface area contributed by atoms with Gasteiger partial charge in [-0.2, -0.15) is 0 Å². The van der Waals surface area contributed by atoms with Crippen LogP contribution in [0.3, 0.4) is 0 Å². The minimum atomic E-state index is 0.623. The van der Waals surface area contributed by atoms with Gasteiger partial charge in [0.15, 0.2) is 0 Å². The molecule has 2 rings (SSSR count). The molecule has 0 amide bonds. The third-order valence-corrected chi connectivity index (χ3v) is 2.50. The Morgan fingerprint density at radius 1 is 1.57 bits per heavy atom. The van der Waals surface area contributed by atoms with E-state index in [1.807, 2.05) is 0 Å². The van der Waals surface area contributed by atoms with Gasteiger partial charge in [-0.05, 0) is 24.7 Å². The van der Waals surface area contributed by atoms with Gasteiger partial charge in [-0.15, -0.1) is 0 Å². The van der Waals surface area contributed by atoms with E-state index in [1.165, 1.54) is 19.3 Å². The molecule has 2 saturated carbocycles. The van der Waals surface area contributed by atoms with Crippen LogP contribution in [-0.2, 0) is 4.52 Å². The number of rotatable bonds is 1. The average molecular weight is 116 g/mol. The van der Waals surface area contributed by atoms with Crippen LogP contribution in [0.1, 0.15) is 19.3 Å². The number of hydrogen-bond donors (Lipinski definition) is 0. The molecule has 1 nitrogen and oxygen atoms in total. The third-order valence-electron chi connectivity index (χ3n) is 2.17. The van der Waals surface area contributed by atoms with Gasteiger partial charge in [0, 0.05) is 9.47 Å². The lowest BCUT2D eigenvalue weighted by atomic mass is 10.4. The maximum Gasteiger partial charge on any atom is 0.0674 e. The standard InChI is InChI=1S/C5H9OP/c7-6-4-3-5(4)1-2-5/h4H,1-3,7H2. The first-order valence-electron chi connectivity index (χ1n) is 2.73. The Morgan fingerprint density at radius 3 is 2.43 bits per heavy atom. The Morgan fingerprint density at radius 2 is 2.29 bits per heavy atom. The Hall–Kier alpha value is 0.390. The van der Waals surface area contributed by atoms with Crippen molar-refractivity contribution < 1.29 is 4.52 Å². The molecule has 2 fully saturated rings. The van der Waals surface area contributed by atoms with E-state index in [-0.39, 0.29) is 0 Å². The fraction of sp³-hybridized carbons (Fsp3) is 1.00. The van der Waals surface area contributed by atoms with Crippen LogP contribution in [0.2, 0.25) is 0 Å². The van der Waals surface area contributed by atoms with E-state index in [2.05, 4.69) is 9.47 Å². The molecule has 0 aromatic rings. The van der Waals surface area contributed by atoms with E-state index in [0.29, 0.717) is 6.10 Å². The van der Waals surface area contributed by atoms with Crippen molar-refractivity contribution in [1.29, 1.82) is 0 Å². The minimum absolute atomic E-state index is 0.623. The van der Waals surface area contributed by atoms with Gasteiger partial charge in [-0.25, -0.2) is 0 Å². The van der Waals surface area contributed by atoms with Gasteiger partial charge in [0.25, 0.3) is 0 Å². The van der Waals surface area contributed by atoms with Crippen LogP contribution in [0.4, 0.5) is 0 Å². The van der Waals surface area contributed by atoms with Crippen LogP contribution < -0.4 is 0 Å². The number of hydrogen-bond acceptors (Lipinski definition) is 1. The Labute approximate surface area is 45.7 Å². The lowest BCUT2D eigenvalue weighted by molar-refractivity contribution is 0.329. The summed E-state index contributed by atoms with van der Waals surface area (Å²) in [5.41, 5.74) is 0.724. The van der Waals surface area contributed by atoms with E-state index in [9.17, 15) is 0 Å². The molecule has 0 saturated heterocycles. The second kappa shape index (κ2) is 1.04. The normalized spacial score (nSPS) is 41.6. The highest BCUT2D eigenvalue weighted by atomic mass is 31.0. The molecule has 0 heterocycles. The highest BCUT2D eigenvalue weighted by molar-refractivity contribution is 7.09. The second-order valence-electron chi connectivity index (χ2n) is 2.69. The van der Waals surface area contributed by atoms with Crippen molar-refractivity contribution in [2.24, 2.45) is 5.41 Å². The third kappa shape index (κ3) is 0.458. The molecule has 2 atom stereocenters. The average Bonchev–Trinajstić information content (AvgIpc) is 2.52. The van der Waals surface area contributed by atoms with Crippen molar-refractivity contribution in [3.8, 4) is 0 Å². The molecule has 0 radical (unpaired) electrons. The van der Waals surface area contributed by atoms with Gasteiger partial charge < -0.3 is 4.52 Å². The Kier molecular flexibility index (Phi) is 0.634. The SMILES string of the molecule is POC1CC12CC2. The summed E-state index contributed by atoms with van der Waals surface area (Å²) < 4.78 is 5.06. The fourth-order valence-corrected chi connectivity index (χ4v) is 1.57. The first-order valence-corrected chi connectivity index (χ1v) is 3.20. The summed E-state index contributed by atoms with van der Waals surface area (Å²) in [5.74, 6) is 0. The first-order chi connectivity index (χ1) is 3.37. The van der Waals surface area contributed by atoms with Crippen LogP contribution in [0, 0.1) is 5.41 Å². The smallest absolute Gasteiger partial charge is 0.0674 e. The lowest BCUT2D eigenvalue weighted by Gasteiger charge is -1.86. The summed E-state index contributed by atoms with van der Waals surface area (Å²) in [7, 11) is 2.34. The summed E-state index contributed by atoms with van der Waals surface area (Å²) in [6.45, 7) is 0. The van der Waals surface area contributed by atoms with E-state index >= 15 is 0 Å². The van der Waals surface area contributed by atoms with Gasteiger partial charge in [-0.1, -0.05) is 0 Å². The molecule has 40 valence electrons. The molecule has 2 heteroatoms. The maximum absolute atomic E-state index is 5.06. The lowest BCUT2D eigenvalue weighted by Crippen LogP contribution is -1.82. The van der Waals surface area contributed by atoms with Crippen molar-refractivity contribution in [3.63, 3.8) is 0 Å². The van der Waals surface area contributed by atoms with Gasteiger partial charge in [0.05, 0.1) is 6.10 Å². The summed E-state index contributed by atoms with van der Waals surface area (Å²) in [4.78, 5) is 0. The summed E-state index contributed by atoms with van der Waals surface area (Å²) in [5, 5.41) is 0. The summed E-state index contributed by atoms with van der Waals surface area (Å²) in [6, 6.07) is 0. The molecule has 2 unspecified atom stereocenters. The van der Waals surface area contributed by atoms with Gasteiger partial charge >= 0.3 is 0 Å². The van der Waals surface area contributed by atoms with Crippen molar-refractivity contribution in [1.82, 2.24) is 0 Å². The molecule has 0 aromatic carbocycles. The monoisotopic (exact) mass is 116 g/mol. The van der Waals surface area contributed by atoms with Crippen molar-refractivity contribution in [2.45, 2.75) is 25.4 Å². The Balaban J connectivity index is 1.97. The van der Waals surface area contributed by atoms with E-state index in [4.69, 9.17) is 4.52 Å². The van der Waals surface area contributed by atoms with E-state index < -0.39 is 0 Å². The van der Waals surface area contributed by atoms with Crippen molar-refractivity contribution in [3.05, 3.63) is 0 Å². The van der Waals surface area contributed by atoms with E-state index in [0.717, 1.165) is 5.41 Å². The molecule has 0 aromatic heterocycles. The van der Waals surface area contributed by atoms with Crippen LogP contribution in [0.15, 0.2) is 0 Å². The second-order valence-corrected chi connectivity index (χ2v) is 2.96. The minimum Gasteiger partial charge on any atom is -0.362 e. The van der Waals surface area contributed by atoms with Crippen LogP contribution in [0.5, 0.6) is 0 Å². The predicted molar refractivity (Wildman–Crippen MR) is 30.9 cm³/mol. The quantitative estimate of drug-likeness (QED) is 0.470. The van der Waals surface area contributed by atoms with Gasteiger partial charge in [-0.3, -0.25) is 0 Å². The largest absolute Gasteiger partial charge is 0.362 e. The van der Waals surface area contributed by atoms with Crippen LogP contribution >= 0.6 is 9.47 Å². The van der Waals surface area contributed by atoms with E-state index in [1.54, 1.807) is 0 Å². The first kappa shape index (κ1) is 4.29. The van der Waals surface area contributed by atoms with Gasteiger partial charge in [0.1, 0.15) is 0 Å². The highest BCUT2D eigenvalue weighted by Crippen LogP contribution is 2.67. The molecular weight excluding hydrogens is 107 g/mol. The molecule has 7 heavy (non-hydrogen) atoms. The molecule has 0 N–H and O–H groups in total.